The topological polar surface area (TPSA) is 69.6 Å². The van der Waals surface area contributed by atoms with Crippen LogP contribution in [0.2, 0.25) is 0 Å². The summed E-state index contributed by atoms with van der Waals surface area (Å²) >= 11 is 3.53. The molecule has 0 fully saturated rings. The number of carbonyl (C=O) groups excluding carboxylic acids is 1. The van der Waals surface area contributed by atoms with E-state index in [4.69, 9.17) is 0 Å². The van der Waals surface area contributed by atoms with Crippen molar-refractivity contribution in [3.8, 4) is 11.5 Å². The summed E-state index contributed by atoms with van der Waals surface area (Å²) in [6.45, 7) is 6.90. The van der Waals surface area contributed by atoms with Gasteiger partial charge in [0, 0.05) is 23.0 Å². The van der Waals surface area contributed by atoms with E-state index in [0.29, 0.717) is 6.54 Å². The van der Waals surface area contributed by atoms with E-state index in [0.717, 1.165) is 6.42 Å². The van der Waals surface area contributed by atoms with E-state index in [2.05, 4.69) is 42.0 Å². The molecular formula is C14H20BrNO3. The average molecular weight is 330 g/mol. The van der Waals surface area contributed by atoms with Gasteiger partial charge >= 0.3 is 0 Å². The van der Waals surface area contributed by atoms with Crippen molar-refractivity contribution in [2.45, 2.75) is 32.0 Å². The Morgan fingerprint density at radius 1 is 1.26 bits per heavy atom. The maximum atomic E-state index is 11.9. The van der Waals surface area contributed by atoms with Crippen molar-refractivity contribution in [2.75, 3.05) is 6.54 Å². The number of phenols is 2. The van der Waals surface area contributed by atoms with Gasteiger partial charge in [0.25, 0.3) is 5.91 Å². The third-order valence-electron chi connectivity index (χ3n) is 2.48. The maximum absolute atomic E-state index is 11.9. The maximum Gasteiger partial charge on any atom is 0.251 e. The molecule has 1 aromatic rings. The summed E-state index contributed by atoms with van der Waals surface area (Å²) < 4.78 is 0. The van der Waals surface area contributed by atoms with Crippen LogP contribution in [0.15, 0.2) is 18.2 Å². The summed E-state index contributed by atoms with van der Waals surface area (Å²) in [5.74, 6) is -0.574. The molecule has 1 aromatic carbocycles. The smallest absolute Gasteiger partial charge is 0.251 e. The zero-order valence-corrected chi connectivity index (χ0v) is 13.0. The van der Waals surface area contributed by atoms with Crippen LogP contribution in [0.5, 0.6) is 11.5 Å². The second-order valence-electron chi connectivity index (χ2n) is 5.81. The lowest BCUT2D eigenvalue weighted by Gasteiger charge is -2.22. The van der Waals surface area contributed by atoms with Crippen LogP contribution >= 0.6 is 15.9 Å². The first-order valence-electron chi connectivity index (χ1n) is 6.13. The summed E-state index contributed by atoms with van der Waals surface area (Å²) in [6, 6.07) is 3.83. The molecule has 1 unspecified atom stereocenters. The van der Waals surface area contributed by atoms with Crippen LogP contribution in [0.25, 0.3) is 0 Å². The van der Waals surface area contributed by atoms with Gasteiger partial charge in [-0.2, -0.15) is 0 Å². The van der Waals surface area contributed by atoms with Gasteiger partial charge in [-0.3, -0.25) is 4.79 Å². The SMILES string of the molecule is CC(C)(C)CC(Br)CNC(=O)c1cc(O)cc(O)c1. The Bertz CT molecular complexity index is 434. The van der Waals surface area contributed by atoms with E-state index in [-0.39, 0.29) is 33.2 Å². The van der Waals surface area contributed by atoms with Gasteiger partial charge in [0.1, 0.15) is 11.5 Å². The molecule has 1 atom stereocenters. The van der Waals surface area contributed by atoms with Crippen molar-refractivity contribution in [2.24, 2.45) is 5.41 Å². The zero-order chi connectivity index (χ0) is 14.6. The van der Waals surface area contributed by atoms with Gasteiger partial charge in [0.05, 0.1) is 0 Å². The van der Waals surface area contributed by atoms with Gasteiger partial charge in [-0.05, 0) is 24.0 Å². The van der Waals surface area contributed by atoms with Crippen molar-refractivity contribution >= 4 is 21.8 Å². The van der Waals surface area contributed by atoms with Crippen LogP contribution in [0.4, 0.5) is 0 Å². The predicted octanol–water partition coefficient (Wildman–Crippen LogP) is 3.03. The molecule has 0 aliphatic carbocycles. The van der Waals surface area contributed by atoms with Crippen molar-refractivity contribution in [1.82, 2.24) is 5.32 Å². The molecule has 0 saturated heterocycles. The standard InChI is InChI=1S/C14H20BrNO3/c1-14(2,3)7-10(15)8-16-13(19)9-4-11(17)6-12(18)5-9/h4-6,10,17-18H,7-8H2,1-3H3,(H,16,19). The van der Waals surface area contributed by atoms with Crippen molar-refractivity contribution in [3.05, 3.63) is 23.8 Å². The van der Waals surface area contributed by atoms with Gasteiger partial charge < -0.3 is 15.5 Å². The van der Waals surface area contributed by atoms with Crippen molar-refractivity contribution < 1.29 is 15.0 Å². The number of hydrogen-bond donors (Lipinski definition) is 3. The Morgan fingerprint density at radius 2 is 1.79 bits per heavy atom. The number of rotatable bonds is 4. The molecule has 0 bridgehead atoms. The Morgan fingerprint density at radius 3 is 2.26 bits per heavy atom. The highest BCUT2D eigenvalue weighted by Crippen LogP contribution is 2.24. The van der Waals surface area contributed by atoms with E-state index < -0.39 is 0 Å². The van der Waals surface area contributed by atoms with Crippen LogP contribution in [0.3, 0.4) is 0 Å². The van der Waals surface area contributed by atoms with Crippen LogP contribution in [0.1, 0.15) is 37.6 Å². The van der Waals surface area contributed by atoms with E-state index in [1.165, 1.54) is 18.2 Å². The monoisotopic (exact) mass is 329 g/mol. The van der Waals surface area contributed by atoms with Crippen LogP contribution < -0.4 is 5.32 Å². The third kappa shape index (κ3) is 5.96. The van der Waals surface area contributed by atoms with E-state index in [9.17, 15) is 15.0 Å². The fourth-order valence-electron chi connectivity index (χ4n) is 1.77. The first-order chi connectivity index (χ1) is 8.67. The number of benzene rings is 1. The molecule has 0 aliphatic heterocycles. The highest BCUT2D eigenvalue weighted by atomic mass is 79.9. The molecule has 0 aromatic heterocycles. The second-order valence-corrected chi connectivity index (χ2v) is 7.11. The highest BCUT2D eigenvalue weighted by Gasteiger charge is 2.17. The van der Waals surface area contributed by atoms with Gasteiger partial charge in [-0.25, -0.2) is 0 Å². The number of nitrogens with one attached hydrogen (secondary N) is 1. The van der Waals surface area contributed by atoms with Crippen LogP contribution in [-0.4, -0.2) is 27.5 Å². The number of hydrogen-bond acceptors (Lipinski definition) is 3. The summed E-state index contributed by atoms with van der Waals surface area (Å²) in [6.07, 6.45) is 0.929. The summed E-state index contributed by atoms with van der Waals surface area (Å²) in [5.41, 5.74) is 0.426. The molecule has 1 amide bonds. The molecule has 3 N–H and O–H groups in total. The summed E-state index contributed by atoms with van der Waals surface area (Å²) in [5, 5.41) is 21.4. The fraction of sp³-hybridized carbons (Fsp3) is 0.500. The number of phenolic OH excluding ortho intramolecular Hbond substituents is 2. The molecule has 0 radical (unpaired) electrons. The molecule has 4 nitrogen and oxygen atoms in total. The average Bonchev–Trinajstić information content (AvgIpc) is 2.22. The number of halogens is 1. The Balaban J connectivity index is 2.56. The molecule has 0 saturated carbocycles. The Labute approximate surface area is 122 Å². The minimum absolute atomic E-state index is 0.129. The third-order valence-corrected chi connectivity index (χ3v) is 3.13. The molecule has 106 valence electrons. The molecule has 0 heterocycles. The predicted molar refractivity (Wildman–Crippen MR) is 78.9 cm³/mol. The van der Waals surface area contributed by atoms with Crippen molar-refractivity contribution in [3.63, 3.8) is 0 Å². The zero-order valence-electron chi connectivity index (χ0n) is 11.4. The minimum atomic E-state index is -0.315. The van der Waals surface area contributed by atoms with Gasteiger partial charge in [-0.1, -0.05) is 36.7 Å². The number of alkyl halides is 1. The minimum Gasteiger partial charge on any atom is -0.508 e. The van der Waals surface area contributed by atoms with Gasteiger partial charge in [-0.15, -0.1) is 0 Å². The first kappa shape index (κ1) is 15.8. The van der Waals surface area contributed by atoms with E-state index in [1.54, 1.807) is 0 Å². The van der Waals surface area contributed by atoms with Crippen molar-refractivity contribution in [1.29, 1.82) is 0 Å². The number of aromatic hydroxyl groups is 2. The van der Waals surface area contributed by atoms with Gasteiger partial charge in [0.15, 0.2) is 0 Å². The van der Waals surface area contributed by atoms with E-state index in [1.807, 2.05) is 0 Å². The highest BCUT2D eigenvalue weighted by molar-refractivity contribution is 9.09. The fourth-order valence-corrected chi connectivity index (χ4v) is 2.90. The lowest BCUT2D eigenvalue weighted by atomic mass is 9.90. The summed E-state index contributed by atoms with van der Waals surface area (Å²) in [7, 11) is 0. The Kier molecular flexibility index (Phi) is 5.23. The second kappa shape index (κ2) is 6.28. The number of carbonyl (C=O) groups is 1. The molecule has 19 heavy (non-hydrogen) atoms. The van der Waals surface area contributed by atoms with Gasteiger partial charge in [0.2, 0.25) is 0 Å². The normalized spacial score (nSPS) is 13.1. The van der Waals surface area contributed by atoms with E-state index >= 15 is 0 Å². The molecule has 5 heteroatoms. The first-order valence-corrected chi connectivity index (χ1v) is 7.04. The molecule has 0 spiro atoms. The molecular weight excluding hydrogens is 310 g/mol. The largest absolute Gasteiger partial charge is 0.508 e. The molecule has 0 aliphatic rings. The Hall–Kier alpha value is -1.23. The lowest BCUT2D eigenvalue weighted by Crippen LogP contribution is -2.31. The van der Waals surface area contributed by atoms with Crippen LogP contribution in [-0.2, 0) is 0 Å². The quantitative estimate of drug-likeness (QED) is 0.743. The lowest BCUT2D eigenvalue weighted by molar-refractivity contribution is 0.0951. The van der Waals surface area contributed by atoms with Crippen LogP contribution in [0, 0.1) is 5.41 Å². The number of amides is 1. The molecule has 1 rings (SSSR count). The summed E-state index contributed by atoms with van der Waals surface area (Å²) in [4.78, 5) is 12.0.